The van der Waals surface area contributed by atoms with Crippen LogP contribution in [-0.4, -0.2) is 30.4 Å². The van der Waals surface area contributed by atoms with Crippen LogP contribution in [0.25, 0.3) is 0 Å². The van der Waals surface area contributed by atoms with E-state index in [-0.39, 0.29) is 5.91 Å². The van der Waals surface area contributed by atoms with Crippen molar-refractivity contribution in [3.8, 4) is 0 Å². The summed E-state index contributed by atoms with van der Waals surface area (Å²) in [4.78, 5) is 14.5. The van der Waals surface area contributed by atoms with Gasteiger partial charge in [-0.1, -0.05) is 32.0 Å². The quantitative estimate of drug-likeness (QED) is 0.913. The summed E-state index contributed by atoms with van der Waals surface area (Å²) < 4.78 is 0. The van der Waals surface area contributed by atoms with Gasteiger partial charge >= 0.3 is 0 Å². The number of para-hydroxylation sites is 1. The van der Waals surface area contributed by atoms with Crippen molar-refractivity contribution in [2.45, 2.75) is 33.6 Å². The van der Waals surface area contributed by atoms with Crippen molar-refractivity contribution >= 4 is 11.6 Å². The van der Waals surface area contributed by atoms with E-state index in [1.165, 1.54) is 6.42 Å². The van der Waals surface area contributed by atoms with Crippen LogP contribution in [0.15, 0.2) is 24.3 Å². The summed E-state index contributed by atoms with van der Waals surface area (Å²) in [5, 5.41) is 3.01. The van der Waals surface area contributed by atoms with Crippen molar-refractivity contribution in [2.75, 3.05) is 25.0 Å². The molecular weight excluding hydrogens is 248 g/mol. The molecule has 1 aromatic carbocycles. The fourth-order valence-electron chi connectivity index (χ4n) is 3.16. The molecule has 2 unspecified atom stereocenters. The predicted octanol–water partition coefficient (Wildman–Crippen LogP) is 3.30. The minimum absolute atomic E-state index is 0.116. The molecule has 0 saturated carbocycles. The number of likely N-dealkylation sites (tertiary alicyclic amines) is 1. The number of amides is 1. The Balaban J connectivity index is 1.79. The second kappa shape index (κ2) is 6.89. The van der Waals surface area contributed by atoms with E-state index in [9.17, 15) is 4.79 Å². The van der Waals surface area contributed by atoms with E-state index in [0.717, 1.165) is 42.7 Å². The molecule has 2 rings (SSSR count). The summed E-state index contributed by atoms with van der Waals surface area (Å²) in [6.45, 7) is 9.74. The minimum atomic E-state index is 0.116. The summed E-state index contributed by atoms with van der Waals surface area (Å²) in [7, 11) is 0. The lowest BCUT2D eigenvalue weighted by molar-refractivity contribution is -0.116. The van der Waals surface area contributed by atoms with Crippen LogP contribution in [0.4, 0.5) is 5.69 Å². The molecule has 0 aliphatic carbocycles. The molecule has 110 valence electrons. The first-order chi connectivity index (χ1) is 9.54. The molecule has 0 spiro atoms. The fraction of sp³-hybridized carbons (Fsp3) is 0.588. The highest BCUT2D eigenvalue weighted by atomic mass is 16.1. The Labute approximate surface area is 122 Å². The minimum Gasteiger partial charge on any atom is -0.326 e. The van der Waals surface area contributed by atoms with Gasteiger partial charge in [0.05, 0.1) is 0 Å². The molecule has 1 amide bonds. The zero-order valence-corrected chi connectivity index (χ0v) is 12.9. The van der Waals surface area contributed by atoms with Gasteiger partial charge in [0.1, 0.15) is 0 Å². The van der Waals surface area contributed by atoms with Gasteiger partial charge in [-0.3, -0.25) is 4.79 Å². The first-order valence-electron chi connectivity index (χ1n) is 7.62. The topological polar surface area (TPSA) is 32.3 Å². The van der Waals surface area contributed by atoms with Crippen LogP contribution in [0.5, 0.6) is 0 Å². The maximum atomic E-state index is 12.0. The normalized spacial score (nSPS) is 23.6. The van der Waals surface area contributed by atoms with Crippen molar-refractivity contribution in [1.82, 2.24) is 4.90 Å². The van der Waals surface area contributed by atoms with Crippen molar-refractivity contribution in [1.29, 1.82) is 0 Å². The highest BCUT2D eigenvalue weighted by molar-refractivity contribution is 5.91. The van der Waals surface area contributed by atoms with Gasteiger partial charge in [-0.15, -0.1) is 0 Å². The molecule has 2 atom stereocenters. The van der Waals surface area contributed by atoms with Crippen molar-refractivity contribution in [3.05, 3.63) is 29.8 Å². The van der Waals surface area contributed by atoms with Gasteiger partial charge in [0.25, 0.3) is 0 Å². The largest absolute Gasteiger partial charge is 0.326 e. The molecule has 20 heavy (non-hydrogen) atoms. The van der Waals surface area contributed by atoms with Crippen molar-refractivity contribution < 1.29 is 4.79 Å². The van der Waals surface area contributed by atoms with Crippen molar-refractivity contribution in [2.24, 2.45) is 11.8 Å². The highest BCUT2D eigenvalue weighted by Gasteiger charge is 2.21. The van der Waals surface area contributed by atoms with Crippen LogP contribution in [-0.2, 0) is 4.79 Å². The van der Waals surface area contributed by atoms with Crippen LogP contribution in [0.2, 0.25) is 0 Å². The Bertz CT molecular complexity index is 448. The number of benzene rings is 1. The number of piperidine rings is 1. The number of hydrogen-bond donors (Lipinski definition) is 1. The molecule has 1 saturated heterocycles. The highest BCUT2D eigenvalue weighted by Crippen LogP contribution is 2.21. The van der Waals surface area contributed by atoms with E-state index in [1.807, 2.05) is 31.2 Å². The predicted molar refractivity (Wildman–Crippen MR) is 83.8 cm³/mol. The third kappa shape index (κ3) is 4.34. The van der Waals surface area contributed by atoms with Gasteiger partial charge in [0.2, 0.25) is 5.91 Å². The number of nitrogens with zero attached hydrogens (tertiary/aromatic N) is 1. The Morgan fingerprint density at radius 3 is 2.55 bits per heavy atom. The van der Waals surface area contributed by atoms with E-state index in [0.29, 0.717) is 6.42 Å². The number of aryl methyl sites for hydroxylation is 1. The van der Waals surface area contributed by atoms with Crippen LogP contribution < -0.4 is 5.32 Å². The molecule has 1 N–H and O–H groups in total. The summed E-state index contributed by atoms with van der Waals surface area (Å²) in [6, 6.07) is 7.92. The fourth-order valence-corrected chi connectivity index (χ4v) is 3.16. The molecule has 1 fully saturated rings. The number of anilines is 1. The molecular formula is C17H26N2O. The Kier molecular flexibility index (Phi) is 5.18. The SMILES string of the molecule is Cc1ccccc1NC(=O)CCN1CC(C)CC(C)C1. The molecule has 1 aliphatic heterocycles. The number of hydrogen-bond acceptors (Lipinski definition) is 2. The van der Waals surface area contributed by atoms with Gasteiger partial charge in [-0.05, 0) is 36.8 Å². The van der Waals surface area contributed by atoms with E-state index in [1.54, 1.807) is 0 Å². The molecule has 0 aromatic heterocycles. The lowest BCUT2D eigenvalue weighted by Crippen LogP contribution is -2.40. The Morgan fingerprint density at radius 2 is 1.90 bits per heavy atom. The van der Waals surface area contributed by atoms with E-state index >= 15 is 0 Å². The van der Waals surface area contributed by atoms with Crippen LogP contribution in [0.1, 0.15) is 32.3 Å². The van der Waals surface area contributed by atoms with Crippen LogP contribution in [0, 0.1) is 18.8 Å². The first kappa shape index (κ1) is 15.0. The second-order valence-electron chi connectivity index (χ2n) is 6.32. The Morgan fingerprint density at radius 1 is 1.25 bits per heavy atom. The summed E-state index contributed by atoms with van der Waals surface area (Å²) in [5.74, 6) is 1.61. The third-order valence-electron chi connectivity index (χ3n) is 4.02. The molecule has 0 bridgehead atoms. The smallest absolute Gasteiger partial charge is 0.225 e. The van der Waals surface area contributed by atoms with E-state index < -0.39 is 0 Å². The summed E-state index contributed by atoms with van der Waals surface area (Å²) >= 11 is 0. The second-order valence-corrected chi connectivity index (χ2v) is 6.32. The summed E-state index contributed by atoms with van der Waals surface area (Å²) in [5.41, 5.74) is 2.04. The van der Waals surface area contributed by atoms with Crippen molar-refractivity contribution in [3.63, 3.8) is 0 Å². The van der Waals surface area contributed by atoms with E-state index in [2.05, 4.69) is 24.1 Å². The van der Waals surface area contributed by atoms with E-state index in [4.69, 9.17) is 0 Å². The maximum absolute atomic E-state index is 12.0. The lowest BCUT2D eigenvalue weighted by Gasteiger charge is -2.34. The zero-order valence-electron chi connectivity index (χ0n) is 12.9. The average molecular weight is 274 g/mol. The number of carbonyl (C=O) groups excluding carboxylic acids is 1. The Hall–Kier alpha value is -1.35. The standard InChI is InChI=1S/C17H26N2O/c1-13-10-14(2)12-19(11-13)9-8-17(20)18-16-7-5-4-6-15(16)3/h4-7,13-14H,8-12H2,1-3H3,(H,18,20). The number of rotatable bonds is 4. The summed E-state index contributed by atoms with van der Waals surface area (Å²) in [6.07, 6.45) is 1.89. The zero-order chi connectivity index (χ0) is 14.5. The molecule has 0 radical (unpaired) electrons. The van der Waals surface area contributed by atoms with Crippen LogP contribution in [0.3, 0.4) is 0 Å². The van der Waals surface area contributed by atoms with Crippen LogP contribution >= 0.6 is 0 Å². The van der Waals surface area contributed by atoms with Gasteiger partial charge in [-0.2, -0.15) is 0 Å². The lowest BCUT2D eigenvalue weighted by atomic mass is 9.92. The number of nitrogens with one attached hydrogen (secondary N) is 1. The first-order valence-corrected chi connectivity index (χ1v) is 7.62. The molecule has 1 aromatic rings. The monoisotopic (exact) mass is 274 g/mol. The third-order valence-corrected chi connectivity index (χ3v) is 4.02. The van der Waals surface area contributed by atoms with Gasteiger partial charge in [-0.25, -0.2) is 0 Å². The maximum Gasteiger partial charge on any atom is 0.225 e. The molecule has 3 heteroatoms. The van der Waals surface area contributed by atoms with Gasteiger partial charge in [0, 0.05) is 31.7 Å². The molecule has 3 nitrogen and oxygen atoms in total. The molecule has 1 aliphatic rings. The van der Waals surface area contributed by atoms with Gasteiger partial charge < -0.3 is 10.2 Å². The average Bonchev–Trinajstić information content (AvgIpc) is 2.38. The van der Waals surface area contributed by atoms with Gasteiger partial charge in [0.15, 0.2) is 0 Å². The molecule has 1 heterocycles. The number of carbonyl (C=O) groups is 1.